The van der Waals surface area contributed by atoms with Crippen LogP contribution in [-0.4, -0.2) is 0 Å². The zero-order valence-corrected chi connectivity index (χ0v) is 30.2. The molecule has 51 heavy (non-hydrogen) atoms. The van der Waals surface area contributed by atoms with Crippen LogP contribution in [0.2, 0.25) is 0 Å². The van der Waals surface area contributed by atoms with Crippen LogP contribution in [0, 0.1) is 17.8 Å². The number of nitrogens with zero attached hydrogens (tertiary/aromatic N) is 1. The Hall–Kier alpha value is -4.88. The van der Waals surface area contributed by atoms with Gasteiger partial charge in [0.25, 0.3) is 0 Å². The van der Waals surface area contributed by atoms with Crippen molar-refractivity contribution in [3.05, 3.63) is 162 Å². The Bertz CT molecular complexity index is 2130. The molecule has 0 N–H and O–H groups in total. The average molecular weight is 664 g/mol. The Morgan fingerprint density at radius 3 is 1.88 bits per heavy atom. The highest BCUT2D eigenvalue weighted by Crippen LogP contribution is 2.51. The first-order chi connectivity index (χ1) is 25.0. The lowest BCUT2D eigenvalue weighted by Crippen LogP contribution is -2.27. The van der Waals surface area contributed by atoms with Crippen LogP contribution in [-0.2, 0) is 11.8 Å². The highest BCUT2D eigenvalue weighted by Gasteiger charge is 2.36. The maximum absolute atomic E-state index is 2.45. The fourth-order valence-electron chi connectivity index (χ4n) is 9.93. The fourth-order valence-corrected chi connectivity index (χ4v) is 9.93. The molecule has 2 atom stereocenters. The van der Waals surface area contributed by atoms with Gasteiger partial charge in [0.2, 0.25) is 0 Å². The molecule has 254 valence electrons. The van der Waals surface area contributed by atoms with Gasteiger partial charge in [-0.05, 0) is 125 Å². The molecule has 1 nitrogen and oxygen atoms in total. The summed E-state index contributed by atoms with van der Waals surface area (Å²) in [6.45, 7) is 4.73. The van der Waals surface area contributed by atoms with Crippen molar-refractivity contribution in [1.29, 1.82) is 0 Å². The van der Waals surface area contributed by atoms with Gasteiger partial charge in [0.1, 0.15) is 0 Å². The topological polar surface area (TPSA) is 3.24 Å². The van der Waals surface area contributed by atoms with Gasteiger partial charge in [-0.25, -0.2) is 0 Å². The number of hydrogen-bond donors (Lipinski definition) is 0. The Morgan fingerprint density at radius 1 is 0.529 bits per heavy atom. The average Bonchev–Trinajstić information content (AvgIpc) is 3.40. The minimum atomic E-state index is -0.0714. The van der Waals surface area contributed by atoms with Crippen molar-refractivity contribution in [1.82, 2.24) is 0 Å². The Balaban J connectivity index is 1.03. The van der Waals surface area contributed by atoms with Crippen LogP contribution in [0.3, 0.4) is 0 Å². The zero-order chi connectivity index (χ0) is 34.4. The van der Waals surface area contributed by atoms with Gasteiger partial charge in [-0.3, -0.25) is 0 Å². The summed E-state index contributed by atoms with van der Waals surface area (Å²) in [5.41, 5.74) is 15.4. The normalized spacial score (nSPS) is 20.0. The maximum atomic E-state index is 2.45. The van der Waals surface area contributed by atoms with E-state index in [4.69, 9.17) is 0 Å². The van der Waals surface area contributed by atoms with Crippen molar-refractivity contribution in [2.45, 2.75) is 70.6 Å². The van der Waals surface area contributed by atoms with E-state index in [0.29, 0.717) is 0 Å². The molecule has 3 aliphatic rings. The summed E-state index contributed by atoms with van der Waals surface area (Å²) >= 11 is 0. The summed E-state index contributed by atoms with van der Waals surface area (Å²) < 4.78 is 0. The molecule has 0 saturated heterocycles. The van der Waals surface area contributed by atoms with E-state index in [1.165, 1.54) is 113 Å². The summed E-state index contributed by atoms with van der Waals surface area (Å²) in [6, 6.07) is 54.2. The van der Waals surface area contributed by atoms with Crippen molar-refractivity contribution in [2.75, 3.05) is 4.90 Å². The molecular weight excluding hydrogens is 615 g/mol. The van der Waals surface area contributed by atoms with Gasteiger partial charge < -0.3 is 4.90 Å². The van der Waals surface area contributed by atoms with E-state index in [9.17, 15) is 0 Å². The molecule has 0 aliphatic heterocycles. The van der Waals surface area contributed by atoms with Crippen molar-refractivity contribution >= 4 is 17.1 Å². The van der Waals surface area contributed by atoms with E-state index in [-0.39, 0.29) is 5.41 Å². The van der Waals surface area contributed by atoms with E-state index in [0.717, 1.165) is 23.4 Å². The monoisotopic (exact) mass is 663 g/mol. The smallest absolute Gasteiger partial charge is 0.0540 e. The predicted molar refractivity (Wildman–Crippen MR) is 216 cm³/mol. The second-order valence-electron chi connectivity index (χ2n) is 16.1. The molecule has 0 amide bonds. The maximum Gasteiger partial charge on any atom is 0.0540 e. The SMILES string of the molecule is CC1(C)c2ccccc2-c2ccc(N(c3ccc(-c4ccc(CCC5CC6CCCC(C6)C5)cc4)cc3)c3ccccc3-c3ccccc3)cc21. The molecule has 1 heteroatoms. The van der Waals surface area contributed by atoms with Crippen LogP contribution in [0.15, 0.2) is 146 Å². The molecule has 2 bridgehead atoms. The quantitative estimate of drug-likeness (QED) is 0.157. The number of rotatable bonds is 8. The van der Waals surface area contributed by atoms with Crippen LogP contribution < -0.4 is 4.90 Å². The first-order valence-electron chi connectivity index (χ1n) is 19.4. The third kappa shape index (κ3) is 6.12. The summed E-state index contributed by atoms with van der Waals surface area (Å²) in [5, 5.41) is 0. The molecule has 0 radical (unpaired) electrons. The Kier molecular flexibility index (Phi) is 8.39. The highest BCUT2D eigenvalue weighted by atomic mass is 15.1. The molecule has 3 aliphatic carbocycles. The molecular formula is C50H49N. The number of hydrogen-bond acceptors (Lipinski definition) is 1. The van der Waals surface area contributed by atoms with Crippen molar-refractivity contribution in [2.24, 2.45) is 17.8 Å². The summed E-state index contributed by atoms with van der Waals surface area (Å²) in [6.07, 6.45) is 11.5. The fraction of sp³-hybridized carbons (Fsp3) is 0.280. The lowest BCUT2D eigenvalue weighted by Gasteiger charge is -2.39. The van der Waals surface area contributed by atoms with Crippen LogP contribution in [0.5, 0.6) is 0 Å². The van der Waals surface area contributed by atoms with Crippen LogP contribution in [0.1, 0.15) is 75.5 Å². The predicted octanol–water partition coefficient (Wildman–Crippen LogP) is 13.9. The Morgan fingerprint density at radius 2 is 1.14 bits per heavy atom. The van der Waals surface area contributed by atoms with Gasteiger partial charge in [0.15, 0.2) is 0 Å². The standard InChI is InChI=1S/C50H49N/c1-50(2)47-17-8-6-16-45(47)46-30-29-43(34-48(46)50)51(49-18-9-7-15-44(49)41-13-4-3-5-14-41)42-27-25-40(26-28-42)39-23-21-35(22-24-39)19-20-38-32-36-11-10-12-37(31-36)33-38/h3-9,13-18,21-30,34,36-38H,10-12,19-20,31-33H2,1-2H3. The summed E-state index contributed by atoms with van der Waals surface area (Å²) in [7, 11) is 0. The lowest BCUT2D eigenvalue weighted by atomic mass is 9.67. The van der Waals surface area contributed by atoms with E-state index in [2.05, 4.69) is 164 Å². The summed E-state index contributed by atoms with van der Waals surface area (Å²) in [5.74, 6) is 2.97. The van der Waals surface area contributed by atoms with Gasteiger partial charge in [-0.2, -0.15) is 0 Å². The number of aryl methyl sites for hydroxylation is 1. The molecule has 0 spiro atoms. The molecule has 9 rings (SSSR count). The lowest BCUT2D eigenvalue weighted by molar-refractivity contribution is 0.132. The summed E-state index contributed by atoms with van der Waals surface area (Å²) in [4.78, 5) is 2.45. The molecule has 2 fully saturated rings. The van der Waals surface area contributed by atoms with Crippen LogP contribution >= 0.6 is 0 Å². The largest absolute Gasteiger partial charge is 0.310 e. The van der Waals surface area contributed by atoms with E-state index < -0.39 is 0 Å². The van der Waals surface area contributed by atoms with Gasteiger partial charge in [-0.15, -0.1) is 0 Å². The van der Waals surface area contributed by atoms with Gasteiger partial charge >= 0.3 is 0 Å². The number of fused-ring (bicyclic) bond motifs is 5. The molecule has 2 saturated carbocycles. The molecule has 2 unspecified atom stereocenters. The second-order valence-corrected chi connectivity index (χ2v) is 16.1. The second kappa shape index (κ2) is 13.3. The van der Waals surface area contributed by atoms with E-state index in [1.807, 2.05) is 0 Å². The van der Waals surface area contributed by atoms with Gasteiger partial charge in [0.05, 0.1) is 5.69 Å². The molecule has 6 aromatic carbocycles. The zero-order valence-electron chi connectivity index (χ0n) is 30.2. The molecule has 6 aromatic rings. The van der Waals surface area contributed by atoms with Crippen LogP contribution in [0.25, 0.3) is 33.4 Å². The van der Waals surface area contributed by atoms with Gasteiger partial charge in [-0.1, -0.05) is 148 Å². The number of benzene rings is 6. The van der Waals surface area contributed by atoms with Crippen molar-refractivity contribution in [3.63, 3.8) is 0 Å². The third-order valence-electron chi connectivity index (χ3n) is 12.5. The van der Waals surface area contributed by atoms with E-state index in [1.54, 1.807) is 0 Å². The van der Waals surface area contributed by atoms with Crippen molar-refractivity contribution < 1.29 is 0 Å². The first-order valence-corrected chi connectivity index (χ1v) is 19.4. The Labute approximate surface area is 305 Å². The molecule has 0 heterocycles. The van der Waals surface area contributed by atoms with Crippen molar-refractivity contribution in [3.8, 4) is 33.4 Å². The third-order valence-corrected chi connectivity index (χ3v) is 12.5. The number of anilines is 3. The van der Waals surface area contributed by atoms with Crippen LogP contribution in [0.4, 0.5) is 17.1 Å². The highest BCUT2D eigenvalue weighted by molar-refractivity contribution is 5.90. The van der Waals surface area contributed by atoms with Gasteiger partial charge in [0, 0.05) is 22.4 Å². The van der Waals surface area contributed by atoms with E-state index >= 15 is 0 Å². The minimum absolute atomic E-state index is 0.0714. The minimum Gasteiger partial charge on any atom is -0.310 e. The number of para-hydroxylation sites is 1. The molecule has 0 aromatic heterocycles. The first kappa shape index (κ1) is 32.1.